The molecule has 3 nitrogen and oxygen atoms in total. The lowest BCUT2D eigenvalue weighted by molar-refractivity contribution is -0.129. The minimum absolute atomic E-state index is 0.0108. The number of benzene rings is 1. The number of nitrogens with two attached hydrogens (primary N) is 1. The summed E-state index contributed by atoms with van der Waals surface area (Å²) in [6.45, 7) is 2.70. The van der Waals surface area contributed by atoms with Crippen LogP contribution in [-0.2, 0) is 17.8 Å². The van der Waals surface area contributed by atoms with Gasteiger partial charge in [-0.2, -0.15) is 0 Å². The third kappa shape index (κ3) is 2.67. The molecule has 1 amide bonds. The van der Waals surface area contributed by atoms with Gasteiger partial charge < -0.3 is 11.1 Å². The Morgan fingerprint density at radius 1 is 1.29 bits per heavy atom. The SMILES string of the molecule is CCc1ccc(CNC(=O)C2(N)CCC2)cc1. The van der Waals surface area contributed by atoms with E-state index >= 15 is 0 Å². The van der Waals surface area contributed by atoms with Crippen LogP contribution in [0.15, 0.2) is 24.3 Å². The number of hydrogen-bond donors (Lipinski definition) is 2. The minimum Gasteiger partial charge on any atom is -0.350 e. The van der Waals surface area contributed by atoms with Crippen molar-refractivity contribution in [2.45, 2.75) is 44.7 Å². The maximum Gasteiger partial charge on any atom is 0.240 e. The molecule has 3 N–H and O–H groups in total. The predicted octanol–water partition coefficient (Wildman–Crippen LogP) is 1.75. The van der Waals surface area contributed by atoms with Gasteiger partial charge in [-0.1, -0.05) is 31.2 Å². The molecule has 0 radical (unpaired) electrons. The van der Waals surface area contributed by atoms with Crippen LogP contribution in [0.4, 0.5) is 0 Å². The van der Waals surface area contributed by atoms with Crippen LogP contribution < -0.4 is 11.1 Å². The van der Waals surface area contributed by atoms with Crippen LogP contribution in [0.25, 0.3) is 0 Å². The highest BCUT2D eigenvalue weighted by atomic mass is 16.2. The molecule has 0 bridgehead atoms. The van der Waals surface area contributed by atoms with Gasteiger partial charge in [-0.25, -0.2) is 0 Å². The molecule has 1 aromatic carbocycles. The summed E-state index contributed by atoms with van der Waals surface area (Å²) in [5.41, 5.74) is 7.79. The van der Waals surface area contributed by atoms with Crippen LogP contribution in [0.3, 0.4) is 0 Å². The normalized spacial score (nSPS) is 17.3. The molecule has 1 aliphatic carbocycles. The Labute approximate surface area is 102 Å². The summed E-state index contributed by atoms with van der Waals surface area (Å²) in [6, 6.07) is 8.32. The number of rotatable bonds is 4. The molecule has 92 valence electrons. The van der Waals surface area contributed by atoms with Crippen molar-refractivity contribution >= 4 is 5.91 Å². The second-order valence-corrected chi connectivity index (χ2v) is 4.86. The Morgan fingerprint density at radius 2 is 1.88 bits per heavy atom. The summed E-state index contributed by atoms with van der Waals surface area (Å²) in [6.07, 6.45) is 3.73. The third-order valence-electron chi connectivity index (χ3n) is 3.58. The van der Waals surface area contributed by atoms with Crippen LogP contribution in [0, 0.1) is 0 Å². The summed E-state index contributed by atoms with van der Waals surface area (Å²) in [5.74, 6) is -0.0108. The van der Waals surface area contributed by atoms with E-state index in [0.29, 0.717) is 6.54 Å². The molecule has 1 aromatic rings. The number of carbonyl (C=O) groups is 1. The summed E-state index contributed by atoms with van der Waals surface area (Å²) < 4.78 is 0. The first kappa shape index (κ1) is 12.1. The first-order chi connectivity index (χ1) is 8.14. The topological polar surface area (TPSA) is 55.1 Å². The second kappa shape index (κ2) is 4.88. The first-order valence-corrected chi connectivity index (χ1v) is 6.29. The van der Waals surface area contributed by atoms with Crippen molar-refractivity contribution in [2.24, 2.45) is 5.73 Å². The van der Waals surface area contributed by atoms with Crippen LogP contribution in [0.1, 0.15) is 37.3 Å². The molecule has 0 saturated heterocycles. The highest BCUT2D eigenvalue weighted by Crippen LogP contribution is 2.29. The van der Waals surface area contributed by atoms with Crippen molar-refractivity contribution in [3.05, 3.63) is 35.4 Å². The maximum absolute atomic E-state index is 11.8. The summed E-state index contributed by atoms with van der Waals surface area (Å²) in [5, 5.41) is 2.91. The molecule has 0 aromatic heterocycles. The highest BCUT2D eigenvalue weighted by Gasteiger charge is 2.39. The van der Waals surface area contributed by atoms with Crippen molar-refractivity contribution in [3.63, 3.8) is 0 Å². The molecule has 1 aliphatic rings. The maximum atomic E-state index is 11.8. The van der Waals surface area contributed by atoms with Gasteiger partial charge >= 0.3 is 0 Å². The molecule has 3 heteroatoms. The molecule has 0 spiro atoms. The van der Waals surface area contributed by atoms with Gasteiger partial charge in [0.15, 0.2) is 0 Å². The smallest absolute Gasteiger partial charge is 0.240 e. The van der Waals surface area contributed by atoms with E-state index in [-0.39, 0.29) is 5.91 Å². The largest absolute Gasteiger partial charge is 0.350 e. The van der Waals surface area contributed by atoms with Crippen molar-refractivity contribution in [1.29, 1.82) is 0 Å². The lowest BCUT2D eigenvalue weighted by atomic mass is 9.77. The van der Waals surface area contributed by atoms with E-state index in [2.05, 4.69) is 36.5 Å². The fourth-order valence-corrected chi connectivity index (χ4v) is 2.04. The highest BCUT2D eigenvalue weighted by molar-refractivity contribution is 5.86. The Kier molecular flexibility index (Phi) is 3.48. The number of carbonyl (C=O) groups excluding carboxylic acids is 1. The van der Waals surface area contributed by atoms with Crippen LogP contribution in [0.5, 0.6) is 0 Å². The van der Waals surface area contributed by atoms with E-state index in [4.69, 9.17) is 5.73 Å². The van der Waals surface area contributed by atoms with Crippen LogP contribution in [-0.4, -0.2) is 11.4 Å². The summed E-state index contributed by atoms with van der Waals surface area (Å²) >= 11 is 0. The molecular formula is C14H20N2O. The molecule has 0 aliphatic heterocycles. The Hall–Kier alpha value is -1.35. The van der Waals surface area contributed by atoms with Gasteiger partial charge in [-0.15, -0.1) is 0 Å². The molecular weight excluding hydrogens is 212 g/mol. The quantitative estimate of drug-likeness (QED) is 0.831. The third-order valence-corrected chi connectivity index (χ3v) is 3.58. The lowest BCUT2D eigenvalue weighted by Crippen LogP contribution is -2.58. The van der Waals surface area contributed by atoms with Crippen molar-refractivity contribution in [3.8, 4) is 0 Å². The summed E-state index contributed by atoms with van der Waals surface area (Å²) in [4.78, 5) is 11.8. The van der Waals surface area contributed by atoms with Gasteiger partial charge in [0.1, 0.15) is 0 Å². The predicted molar refractivity (Wildman–Crippen MR) is 68.4 cm³/mol. The van der Waals surface area contributed by atoms with E-state index < -0.39 is 5.54 Å². The van der Waals surface area contributed by atoms with E-state index in [1.807, 2.05) is 0 Å². The molecule has 0 atom stereocenters. The number of aryl methyl sites for hydroxylation is 1. The van der Waals surface area contributed by atoms with E-state index in [0.717, 1.165) is 31.2 Å². The second-order valence-electron chi connectivity index (χ2n) is 4.86. The van der Waals surface area contributed by atoms with Crippen molar-refractivity contribution in [2.75, 3.05) is 0 Å². The molecule has 0 heterocycles. The van der Waals surface area contributed by atoms with Gasteiger partial charge in [0, 0.05) is 6.54 Å². The van der Waals surface area contributed by atoms with E-state index in [9.17, 15) is 4.79 Å². The minimum atomic E-state index is -0.594. The molecule has 17 heavy (non-hydrogen) atoms. The lowest BCUT2D eigenvalue weighted by Gasteiger charge is -2.36. The average molecular weight is 232 g/mol. The van der Waals surface area contributed by atoms with Gasteiger partial charge in [0.05, 0.1) is 5.54 Å². The van der Waals surface area contributed by atoms with Gasteiger partial charge in [0.2, 0.25) is 5.91 Å². The fourth-order valence-electron chi connectivity index (χ4n) is 2.04. The standard InChI is InChI=1S/C14H20N2O/c1-2-11-4-6-12(7-5-11)10-16-13(17)14(15)8-3-9-14/h4-7H,2-3,8-10,15H2,1H3,(H,16,17). The monoisotopic (exact) mass is 232 g/mol. The zero-order valence-electron chi connectivity index (χ0n) is 10.3. The summed E-state index contributed by atoms with van der Waals surface area (Å²) in [7, 11) is 0. The van der Waals surface area contributed by atoms with E-state index in [1.54, 1.807) is 0 Å². The number of hydrogen-bond acceptors (Lipinski definition) is 2. The van der Waals surface area contributed by atoms with Crippen LogP contribution >= 0.6 is 0 Å². The molecule has 2 rings (SSSR count). The van der Waals surface area contributed by atoms with Crippen molar-refractivity contribution in [1.82, 2.24) is 5.32 Å². The van der Waals surface area contributed by atoms with Crippen LogP contribution in [0.2, 0.25) is 0 Å². The number of nitrogens with one attached hydrogen (secondary N) is 1. The Bertz CT molecular complexity index is 393. The molecule has 0 unspecified atom stereocenters. The number of amides is 1. The molecule has 1 fully saturated rings. The zero-order valence-corrected chi connectivity index (χ0v) is 10.3. The van der Waals surface area contributed by atoms with E-state index in [1.165, 1.54) is 5.56 Å². The van der Waals surface area contributed by atoms with Gasteiger partial charge in [-0.05, 0) is 36.8 Å². The fraction of sp³-hybridized carbons (Fsp3) is 0.500. The first-order valence-electron chi connectivity index (χ1n) is 6.29. The van der Waals surface area contributed by atoms with Gasteiger partial charge in [-0.3, -0.25) is 4.79 Å². The average Bonchev–Trinajstić information content (AvgIpc) is 2.33. The van der Waals surface area contributed by atoms with Crippen molar-refractivity contribution < 1.29 is 4.79 Å². The molecule has 1 saturated carbocycles. The Balaban J connectivity index is 1.86. The Morgan fingerprint density at radius 3 is 2.35 bits per heavy atom. The van der Waals surface area contributed by atoms with Gasteiger partial charge in [0.25, 0.3) is 0 Å². The zero-order chi connectivity index (χ0) is 12.3.